The quantitative estimate of drug-likeness (QED) is 0.796. The molecule has 0 spiro atoms. The van der Waals surface area contributed by atoms with Crippen LogP contribution in [0.5, 0.6) is 0 Å². The number of amides is 1. The van der Waals surface area contributed by atoms with Crippen LogP contribution in [0.4, 0.5) is 0 Å². The predicted octanol–water partition coefficient (Wildman–Crippen LogP) is 4.10. The average Bonchev–Trinajstić information content (AvgIpc) is 2.96. The molecule has 0 aliphatic heterocycles. The van der Waals surface area contributed by atoms with Crippen molar-refractivity contribution in [2.24, 2.45) is 0 Å². The molecule has 4 nitrogen and oxygen atoms in total. The van der Waals surface area contributed by atoms with Crippen LogP contribution in [0, 0.1) is 0 Å². The first kappa shape index (κ1) is 15.4. The Hall–Kier alpha value is -1.49. The van der Waals surface area contributed by atoms with Crippen molar-refractivity contribution >= 4 is 28.8 Å². The maximum atomic E-state index is 12.6. The van der Waals surface area contributed by atoms with E-state index in [1.807, 2.05) is 43.1 Å². The Morgan fingerprint density at radius 3 is 2.77 bits per heavy atom. The molecule has 0 saturated heterocycles. The molecule has 0 bridgehead atoms. The number of hydrogen-bond donors (Lipinski definition) is 0. The largest absolute Gasteiger partial charge is 0.431 e. The number of oxazole rings is 1. The van der Waals surface area contributed by atoms with Crippen LogP contribution >= 0.6 is 11.8 Å². The summed E-state index contributed by atoms with van der Waals surface area (Å²) in [5.74, 6) is 0.166. The van der Waals surface area contributed by atoms with E-state index in [1.54, 1.807) is 0 Å². The van der Waals surface area contributed by atoms with Gasteiger partial charge in [0.25, 0.3) is 5.22 Å². The Morgan fingerprint density at radius 2 is 2.05 bits per heavy atom. The molecule has 1 unspecified atom stereocenters. The van der Waals surface area contributed by atoms with Crippen LogP contribution in [0.3, 0.4) is 0 Å². The van der Waals surface area contributed by atoms with E-state index in [4.69, 9.17) is 4.42 Å². The minimum Gasteiger partial charge on any atom is -0.431 e. The predicted molar refractivity (Wildman–Crippen MR) is 89.0 cm³/mol. The van der Waals surface area contributed by atoms with E-state index in [9.17, 15) is 4.79 Å². The summed E-state index contributed by atoms with van der Waals surface area (Å²) in [4.78, 5) is 19.0. The highest BCUT2D eigenvalue weighted by Gasteiger charge is 2.27. The highest BCUT2D eigenvalue weighted by molar-refractivity contribution is 8.00. The molecule has 1 aliphatic carbocycles. The molecule has 2 aromatic rings. The lowest BCUT2D eigenvalue weighted by molar-refractivity contribution is -0.131. The number of thioether (sulfide) groups is 1. The van der Waals surface area contributed by atoms with Crippen molar-refractivity contribution in [3.05, 3.63) is 24.3 Å². The van der Waals surface area contributed by atoms with Crippen LogP contribution in [0.15, 0.2) is 33.9 Å². The molecule has 1 fully saturated rings. The number of benzene rings is 1. The summed E-state index contributed by atoms with van der Waals surface area (Å²) in [5, 5.41) is 0.388. The SMILES string of the molecule is CC(Sc1nc2ccccc2o1)C(=O)N(C)C1CCCCC1. The van der Waals surface area contributed by atoms with Crippen molar-refractivity contribution in [2.75, 3.05) is 7.05 Å². The van der Waals surface area contributed by atoms with Crippen molar-refractivity contribution in [2.45, 2.75) is 55.5 Å². The molecule has 1 aromatic carbocycles. The Morgan fingerprint density at radius 1 is 1.32 bits per heavy atom. The maximum Gasteiger partial charge on any atom is 0.257 e. The zero-order chi connectivity index (χ0) is 15.5. The van der Waals surface area contributed by atoms with Gasteiger partial charge in [-0.05, 0) is 31.9 Å². The molecule has 5 heteroatoms. The molecule has 3 rings (SSSR count). The second kappa shape index (κ2) is 6.73. The summed E-state index contributed by atoms with van der Waals surface area (Å²) in [6.45, 7) is 1.93. The highest BCUT2D eigenvalue weighted by Crippen LogP contribution is 2.29. The zero-order valence-corrected chi connectivity index (χ0v) is 13.9. The molecule has 1 atom stereocenters. The minimum atomic E-state index is -0.181. The highest BCUT2D eigenvalue weighted by atomic mass is 32.2. The average molecular weight is 318 g/mol. The van der Waals surface area contributed by atoms with Crippen LogP contribution in [0.25, 0.3) is 11.1 Å². The van der Waals surface area contributed by atoms with Gasteiger partial charge in [0, 0.05) is 13.1 Å². The van der Waals surface area contributed by atoms with Crippen LogP contribution in [0.2, 0.25) is 0 Å². The molecule has 1 heterocycles. The van der Waals surface area contributed by atoms with E-state index < -0.39 is 0 Å². The van der Waals surface area contributed by atoms with Gasteiger partial charge in [-0.15, -0.1) is 0 Å². The molecular weight excluding hydrogens is 296 g/mol. The lowest BCUT2D eigenvalue weighted by Crippen LogP contribution is -2.42. The third-order valence-corrected chi connectivity index (χ3v) is 5.30. The first-order valence-electron chi connectivity index (χ1n) is 7.94. The van der Waals surface area contributed by atoms with Gasteiger partial charge < -0.3 is 9.32 Å². The fourth-order valence-electron chi connectivity index (χ4n) is 3.04. The monoisotopic (exact) mass is 318 g/mol. The summed E-state index contributed by atoms with van der Waals surface area (Å²) in [6, 6.07) is 8.07. The minimum absolute atomic E-state index is 0.166. The molecule has 1 saturated carbocycles. The lowest BCUT2D eigenvalue weighted by Gasteiger charge is -2.32. The number of fused-ring (bicyclic) bond motifs is 1. The molecule has 22 heavy (non-hydrogen) atoms. The lowest BCUT2D eigenvalue weighted by atomic mass is 9.94. The number of para-hydroxylation sites is 2. The van der Waals surface area contributed by atoms with Crippen molar-refractivity contribution in [3.63, 3.8) is 0 Å². The van der Waals surface area contributed by atoms with Gasteiger partial charge in [-0.1, -0.05) is 43.2 Å². The molecule has 1 amide bonds. The van der Waals surface area contributed by atoms with E-state index in [1.165, 1.54) is 31.0 Å². The summed E-state index contributed by atoms with van der Waals surface area (Å²) in [5.41, 5.74) is 1.61. The van der Waals surface area contributed by atoms with Gasteiger partial charge in [0.2, 0.25) is 5.91 Å². The first-order chi connectivity index (χ1) is 10.6. The fourth-order valence-corrected chi connectivity index (χ4v) is 3.90. The molecule has 1 aromatic heterocycles. The van der Waals surface area contributed by atoms with E-state index in [0.717, 1.165) is 23.9 Å². The Bertz CT molecular complexity index is 616. The number of carbonyl (C=O) groups excluding carboxylic acids is 1. The summed E-state index contributed by atoms with van der Waals surface area (Å²) >= 11 is 1.40. The van der Waals surface area contributed by atoms with Gasteiger partial charge in [0.15, 0.2) is 5.58 Å². The summed E-state index contributed by atoms with van der Waals surface area (Å²) in [7, 11) is 1.93. The Kier molecular flexibility index (Phi) is 4.71. The van der Waals surface area contributed by atoms with Gasteiger partial charge in [-0.3, -0.25) is 4.79 Å². The van der Waals surface area contributed by atoms with Crippen molar-refractivity contribution < 1.29 is 9.21 Å². The summed E-state index contributed by atoms with van der Waals surface area (Å²) in [6.07, 6.45) is 6.01. The van der Waals surface area contributed by atoms with E-state index in [2.05, 4.69) is 4.98 Å². The van der Waals surface area contributed by atoms with Gasteiger partial charge in [-0.2, -0.15) is 0 Å². The van der Waals surface area contributed by atoms with Crippen molar-refractivity contribution in [1.29, 1.82) is 0 Å². The second-order valence-corrected chi connectivity index (χ2v) is 7.24. The topological polar surface area (TPSA) is 46.3 Å². The normalized spacial score (nSPS) is 17.5. The fraction of sp³-hybridized carbons (Fsp3) is 0.529. The molecular formula is C17H22N2O2S. The van der Waals surface area contributed by atoms with Gasteiger partial charge in [0.05, 0.1) is 5.25 Å². The molecule has 0 N–H and O–H groups in total. The first-order valence-corrected chi connectivity index (χ1v) is 8.82. The zero-order valence-electron chi connectivity index (χ0n) is 13.1. The summed E-state index contributed by atoms with van der Waals surface area (Å²) < 4.78 is 5.70. The van der Waals surface area contributed by atoms with Crippen molar-refractivity contribution in [1.82, 2.24) is 9.88 Å². The number of aromatic nitrogens is 1. The van der Waals surface area contributed by atoms with Gasteiger partial charge in [-0.25, -0.2) is 4.98 Å². The number of nitrogens with zero attached hydrogens (tertiary/aromatic N) is 2. The number of carbonyl (C=O) groups is 1. The smallest absolute Gasteiger partial charge is 0.257 e. The van der Waals surface area contributed by atoms with Crippen LogP contribution in [-0.4, -0.2) is 34.1 Å². The van der Waals surface area contributed by atoms with Crippen LogP contribution in [-0.2, 0) is 4.79 Å². The molecule has 1 aliphatic rings. The number of hydrogen-bond acceptors (Lipinski definition) is 4. The van der Waals surface area contributed by atoms with E-state index in [0.29, 0.717) is 11.3 Å². The number of rotatable bonds is 4. The Labute approximate surface area is 135 Å². The third kappa shape index (κ3) is 3.29. The Balaban J connectivity index is 1.64. The van der Waals surface area contributed by atoms with Crippen LogP contribution in [0.1, 0.15) is 39.0 Å². The van der Waals surface area contributed by atoms with Crippen molar-refractivity contribution in [3.8, 4) is 0 Å². The second-order valence-electron chi connectivity index (χ2n) is 5.95. The van der Waals surface area contributed by atoms with E-state index >= 15 is 0 Å². The molecule has 0 radical (unpaired) electrons. The van der Waals surface area contributed by atoms with Gasteiger partial charge in [0.1, 0.15) is 5.52 Å². The van der Waals surface area contributed by atoms with E-state index in [-0.39, 0.29) is 11.2 Å². The molecule has 118 valence electrons. The van der Waals surface area contributed by atoms with Gasteiger partial charge >= 0.3 is 0 Å². The third-order valence-electron chi connectivity index (χ3n) is 4.37. The standard InChI is InChI=1S/C17H22N2O2S/c1-12(16(20)19(2)13-8-4-3-5-9-13)22-17-18-14-10-6-7-11-15(14)21-17/h6-7,10-13H,3-5,8-9H2,1-2H3. The maximum absolute atomic E-state index is 12.6. The van der Waals surface area contributed by atoms with Crippen LogP contribution < -0.4 is 0 Å².